The summed E-state index contributed by atoms with van der Waals surface area (Å²) in [6.45, 7) is 0.497. The molecule has 0 saturated carbocycles. The molecule has 3 aromatic rings. The number of fused-ring (bicyclic) bond motifs is 1. The number of aliphatic imine (C=N–C) groups is 1. The molecule has 0 radical (unpaired) electrons. The van der Waals surface area contributed by atoms with Crippen molar-refractivity contribution >= 4 is 22.8 Å². The van der Waals surface area contributed by atoms with Gasteiger partial charge in [-0.25, -0.2) is 4.79 Å². The van der Waals surface area contributed by atoms with E-state index >= 15 is 0 Å². The molecule has 3 N–H and O–H groups in total. The SMILES string of the molecule is NC(=NCc1ccccc1)c1ccc2oc(C(=O)O)cc2c1. The maximum absolute atomic E-state index is 10.9. The molecule has 0 saturated heterocycles. The Kier molecular flexibility index (Phi) is 3.62. The minimum atomic E-state index is -1.09. The Morgan fingerprint density at radius 1 is 1.14 bits per heavy atom. The second kappa shape index (κ2) is 5.73. The topological polar surface area (TPSA) is 88.8 Å². The van der Waals surface area contributed by atoms with Crippen LogP contribution in [0.2, 0.25) is 0 Å². The van der Waals surface area contributed by atoms with E-state index < -0.39 is 5.97 Å². The van der Waals surface area contributed by atoms with Gasteiger partial charge in [0.25, 0.3) is 0 Å². The lowest BCUT2D eigenvalue weighted by atomic mass is 10.1. The van der Waals surface area contributed by atoms with Gasteiger partial charge in [-0.05, 0) is 29.8 Å². The van der Waals surface area contributed by atoms with Crippen molar-refractivity contribution in [2.24, 2.45) is 10.7 Å². The number of rotatable bonds is 4. The molecule has 110 valence electrons. The zero-order valence-corrected chi connectivity index (χ0v) is 11.7. The summed E-state index contributed by atoms with van der Waals surface area (Å²) in [6.07, 6.45) is 0. The molecule has 0 atom stereocenters. The number of hydrogen-bond donors (Lipinski definition) is 2. The normalized spacial score (nSPS) is 11.7. The summed E-state index contributed by atoms with van der Waals surface area (Å²) in [7, 11) is 0. The van der Waals surface area contributed by atoms with Gasteiger partial charge in [-0.15, -0.1) is 0 Å². The molecule has 0 aliphatic carbocycles. The second-order valence-electron chi connectivity index (χ2n) is 4.86. The van der Waals surface area contributed by atoms with Crippen molar-refractivity contribution in [3.05, 3.63) is 71.5 Å². The summed E-state index contributed by atoms with van der Waals surface area (Å²) < 4.78 is 5.21. The van der Waals surface area contributed by atoms with Crippen LogP contribution in [0.4, 0.5) is 0 Å². The van der Waals surface area contributed by atoms with Crippen molar-refractivity contribution in [3.63, 3.8) is 0 Å². The predicted octanol–water partition coefficient (Wildman–Crippen LogP) is 3.04. The first-order valence-electron chi connectivity index (χ1n) is 6.74. The van der Waals surface area contributed by atoms with E-state index in [0.717, 1.165) is 11.1 Å². The molecule has 3 rings (SSSR count). The Morgan fingerprint density at radius 2 is 1.91 bits per heavy atom. The molecule has 1 aromatic heterocycles. The summed E-state index contributed by atoms with van der Waals surface area (Å²) in [6, 6.07) is 16.5. The summed E-state index contributed by atoms with van der Waals surface area (Å²) >= 11 is 0. The number of nitrogens with two attached hydrogens (primary N) is 1. The lowest BCUT2D eigenvalue weighted by Gasteiger charge is -2.02. The molecule has 0 amide bonds. The average molecular weight is 294 g/mol. The second-order valence-corrected chi connectivity index (χ2v) is 4.86. The molecule has 5 heteroatoms. The van der Waals surface area contributed by atoms with Crippen LogP contribution in [0.3, 0.4) is 0 Å². The highest BCUT2D eigenvalue weighted by molar-refractivity contribution is 6.01. The van der Waals surface area contributed by atoms with Gasteiger partial charge in [0.15, 0.2) is 0 Å². The Labute approximate surface area is 126 Å². The summed E-state index contributed by atoms with van der Waals surface area (Å²) in [5, 5.41) is 9.62. The van der Waals surface area contributed by atoms with Crippen LogP contribution >= 0.6 is 0 Å². The van der Waals surface area contributed by atoms with E-state index in [4.69, 9.17) is 15.3 Å². The third kappa shape index (κ3) is 2.83. The van der Waals surface area contributed by atoms with E-state index in [1.54, 1.807) is 18.2 Å². The van der Waals surface area contributed by atoms with Crippen molar-refractivity contribution in [2.75, 3.05) is 0 Å². The van der Waals surface area contributed by atoms with Crippen LogP contribution in [-0.2, 0) is 6.54 Å². The van der Waals surface area contributed by atoms with Crippen molar-refractivity contribution in [1.82, 2.24) is 0 Å². The van der Waals surface area contributed by atoms with Crippen LogP contribution in [0.5, 0.6) is 0 Å². The zero-order chi connectivity index (χ0) is 15.5. The minimum Gasteiger partial charge on any atom is -0.475 e. The van der Waals surface area contributed by atoms with Gasteiger partial charge < -0.3 is 15.3 Å². The van der Waals surface area contributed by atoms with Crippen molar-refractivity contribution in [3.8, 4) is 0 Å². The third-order valence-corrected chi connectivity index (χ3v) is 3.30. The molecule has 0 spiro atoms. The van der Waals surface area contributed by atoms with Crippen LogP contribution in [0.25, 0.3) is 11.0 Å². The number of amidine groups is 1. The Morgan fingerprint density at radius 3 is 2.64 bits per heavy atom. The standard InChI is InChI=1S/C17H14N2O3/c18-16(19-10-11-4-2-1-3-5-11)12-6-7-14-13(8-12)9-15(22-14)17(20)21/h1-9H,10H2,(H2,18,19)(H,20,21). The van der Waals surface area contributed by atoms with Crippen molar-refractivity contribution in [2.45, 2.75) is 6.54 Å². The quantitative estimate of drug-likeness (QED) is 0.571. The van der Waals surface area contributed by atoms with E-state index in [0.29, 0.717) is 23.3 Å². The molecular formula is C17H14N2O3. The minimum absolute atomic E-state index is 0.0908. The maximum atomic E-state index is 10.9. The predicted molar refractivity (Wildman–Crippen MR) is 84.0 cm³/mol. The highest BCUT2D eigenvalue weighted by Crippen LogP contribution is 2.21. The fourth-order valence-electron chi connectivity index (χ4n) is 2.16. The Balaban J connectivity index is 1.87. The largest absolute Gasteiger partial charge is 0.475 e. The lowest BCUT2D eigenvalue weighted by molar-refractivity contribution is 0.0665. The van der Waals surface area contributed by atoms with E-state index in [1.165, 1.54) is 6.07 Å². The van der Waals surface area contributed by atoms with E-state index in [2.05, 4.69) is 4.99 Å². The third-order valence-electron chi connectivity index (χ3n) is 3.30. The molecule has 0 unspecified atom stereocenters. The first-order valence-corrected chi connectivity index (χ1v) is 6.74. The zero-order valence-electron chi connectivity index (χ0n) is 11.7. The number of aromatic carboxylic acids is 1. The number of carbonyl (C=O) groups is 1. The highest BCUT2D eigenvalue weighted by atomic mass is 16.4. The van der Waals surface area contributed by atoms with E-state index in [-0.39, 0.29) is 5.76 Å². The summed E-state index contributed by atoms with van der Waals surface area (Å²) in [5.41, 5.74) is 8.32. The molecule has 2 aromatic carbocycles. The Hall–Kier alpha value is -3.08. The first kappa shape index (κ1) is 13.9. The maximum Gasteiger partial charge on any atom is 0.371 e. The van der Waals surface area contributed by atoms with Crippen LogP contribution in [-0.4, -0.2) is 16.9 Å². The van der Waals surface area contributed by atoms with Crippen LogP contribution in [0, 0.1) is 0 Å². The smallest absolute Gasteiger partial charge is 0.371 e. The number of furan rings is 1. The average Bonchev–Trinajstić information content (AvgIpc) is 2.97. The van der Waals surface area contributed by atoms with Gasteiger partial charge in [-0.2, -0.15) is 0 Å². The molecule has 0 aliphatic heterocycles. The molecule has 0 fully saturated rings. The van der Waals surface area contributed by atoms with E-state index in [9.17, 15) is 4.79 Å². The molecule has 0 bridgehead atoms. The molecule has 5 nitrogen and oxygen atoms in total. The molecule has 1 heterocycles. The van der Waals surface area contributed by atoms with Crippen LogP contribution in [0.15, 0.2) is 64.0 Å². The monoisotopic (exact) mass is 294 g/mol. The van der Waals surface area contributed by atoms with Crippen LogP contribution in [0.1, 0.15) is 21.7 Å². The molecular weight excluding hydrogens is 280 g/mol. The first-order chi connectivity index (χ1) is 10.6. The van der Waals surface area contributed by atoms with Gasteiger partial charge in [0.2, 0.25) is 5.76 Å². The summed E-state index contributed by atoms with van der Waals surface area (Å²) in [5.74, 6) is -0.778. The lowest BCUT2D eigenvalue weighted by Crippen LogP contribution is -2.13. The van der Waals surface area contributed by atoms with Gasteiger partial charge in [0.1, 0.15) is 11.4 Å². The van der Waals surface area contributed by atoms with Gasteiger partial charge in [0.05, 0.1) is 6.54 Å². The molecule has 22 heavy (non-hydrogen) atoms. The molecule has 0 aliphatic rings. The number of nitrogens with zero attached hydrogens (tertiary/aromatic N) is 1. The Bertz CT molecular complexity index is 851. The van der Waals surface area contributed by atoms with Crippen molar-refractivity contribution in [1.29, 1.82) is 0 Å². The van der Waals surface area contributed by atoms with Gasteiger partial charge >= 0.3 is 5.97 Å². The number of benzene rings is 2. The highest BCUT2D eigenvalue weighted by Gasteiger charge is 2.11. The fraction of sp³-hybridized carbons (Fsp3) is 0.0588. The number of carboxylic acids is 1. The van der Waals surface area contributed by atoms with E-state index in [1.807, 2.05) is 30.3 Å². The van der Waals surface area contributed by atoms with Gasteiger partial charge in [-0.3, -0.25) is 4.99 Å². The number of hydrogen-bond acceptors (Lipinski definition) is 3. The van der Waals surface area contributed by atoms with Crippen molar-refractivity contribution < 1.29 is 14.3 Å². The number of carboxylic acid groups (broad SMARTS) is 1. The van der Waals surface area contributed by atoms with Gasteiger partial charge in [0, 0.05) is 10.9 Å². The summed E-state index contributed by atoms with van der Waals surface area (Å²) in [4.78, 5) is 15.3. The van der Waals surface area contributed by atoms with Gasteiger partial charge in [-0.1, -0.05) is 30.3 Å². The van der Waals surface area contributed by atoms with Crippen LogP contribution < -0.4 is 5.73 Å². The fourth-order valence-corrected chi connectivity index (χ4v) is 2.16.